The monoisotopic (exact) mass is 580 g/mol. The van der Waals surface area contributed by atoms with Crippen LogP contribution in [0, 0.1) is 12.7 Å². The lowest BCUT2D eigenvalue weighted by atomic mass is 10.1. The zero-order valence-corrected chi connectivity index (χ0v) is 24.7. The summed E-state index contributed by atoms with van der Waals surface area (Å²) in [6, 6.07) is 16.5. The summed E-state index contributed by atoms with van der Waals surface area (Å²) in [6.45, 7) is 3.76. The second-order valence-corrected chi connectivity index (χ2v) is 10.7. The lowest BCUT2D eigenvalue weighted by Gasteiger charge is -2.18. The summed E-state index contributed by atoms with van der Waals surface area (Å²) in [5, 5.41) is 6.40. The Morgan fingerprint density at radius 1 is 1.05 bits per heavy atom. The van der Waals surface area contributed by atoms with Crippen LogP contribution < -0.4 is 16.2 Å². The molecule has 9 nitrogen and oxygen atoms in total. The van der Waals surface area contributed by atoms with E-state index in [1.807, 2.05) is 29.8 Å². The fourth-order valence-electron chi connectivity index (χ4n) is 4.98. The average molecular weight is 581 g/mol. The number of pyridine rings is 2. The molecule has 0 aliphatic heterocycles. The molecule has 0 saturated heterocycles. The van der Waals surface area contributed by atoms with Gasteiger partial charge in [0.15, 0.2) is 0 Å². The highest BCUT2D eigenvalue weighted by molar-refractivity contribution is 5.96. The summed E-state index contributed by atoms with van der Waals surface area (Å²) >= 11 is 0. The van der Waals surface area contributed by atoms with E-state index >= 15 is 0 Å². The molecule has 0 bridgehead atoms. The first-order valence-corrected chi connectivity index (χ1v) is 13.8. The van der Waals surface area contributed by atoms with Crippen LogP contribution in [0.4, 0.5) is 10.1 Å². The molecule has 0 aliphatic rings. The van der Waals surface area contributed by atoms with Gasteiger partial charge < -0.3 is 24.7 Å². The van der Waals surface area contributed by atoms with Crippen LogP contribution in [0.5, 0.6) is 0 Å². The van der Waals surface area contributed by atoms with E-state index in [0.717, 1.165) is 27.7 Å². The summed E-state index contributed by atoms with van der Waals surface area (Å²) in [5.41, 5.74) is 4.70. The molecule has 0 fully saturated rings. The van der Waals surface area contributed by atoms with Gasteiger partial charge >= 0.3 is 0 Å². The molecule has 3 aromatic heterocycles. The van der Waals surface area contributed by atoms with E-state index in [4.69, 9.17) is 0 Å². The van der Waals surface area contributed by atoms with Crippen LogP contribution in [0.3, 0.4) is 0 Å². The van der Waals surface area contributed by atoms with Crippen LogP contribution in [-0.4, -0.2) is 58.0 Å². The van der Waals surface area contributed by atoms with Gasteiger partial charge in [0, 0.05) is 37.4 Å². The molecule has 0 saturated carbocycles. The molecule has 3 heterocycles. The number of fused-ring (bicyclic) bond motifs is 1. The van der Waals surface area contributed by atoms with E-state index in [-0.39, 0.29) is 29.9 Å². The fraction of sp³-hybridized carbons (Fsp3) is 0.212. The maximum atomic E-state index is 13.9. The quantitative estimate of drug-likeness (QED) is 0.280. The second-order valence-electron chi connectivity index (χ2n) is 10.7. The van der Waals surface area contributed by atoms with Crippen LogP contribution in [0.15, 0.2) is 84.0 Å². The first kappa shape index (κ1) is 29.4. The number of rotatable bonds is 8. The van der Waals surface area contributed by atoms with Gasteiger partial charge in [0.05, 0.1) is 35.7 Å². The summed E-state index contributed by atoms with van der Waals surface area (Å²) in [4.78, 5) is 45.2. The third-order valence-corrected chi connectivity index (χ3v) is 7.43. The fourth-order valence-corrected chi connectivity index (χ4v) is 4.98. The highest BCUT2D eigenvalue weighted by Crippen LogP contribution is 2.26. The predicted octanol–water partition coefficient (Wildman–Crippen LogP) is 4.60. The number of likely N-dealkylation sites (N-methyl/N-ethyl adjacent to an activating group) is 1. The maximum Gasteiger partial charge on any atom is 0.275 e. The highest BCUT2D eigenvalue weighted by Gasteiger charge is 2.18. The molecule has 0 spiro atoms. The van der Waals surface area contributed by atoms with Gasteiger partial charge in [-0.3, -0.25) is 19.4 Å². The number of aromatic nitrogens is 3. The summed E-state index contributed by atoms with van der Waals surface area (Å²) in [6.07, 6.45) is 5.31. The minimum absolute atomic E-state index is 0.134. The van der Waals surface area contributed by atoms with Crippen molar-refractivity contribution in [3.8, 4) is 16.9 Å². The van der Waals surface area contributed by atoms with E-state index in [0.29, 0.717) is 16.8 Å². The van der Waals surface area contributed by atoms with Crippen LogP contribution in [0.2, 0.25) is 0 Å². The zero-order chi connectivity index (χ0) is 30.8. The molecular weight excluding hydrogens is 547 g/mol. The number of hydrogen-bond acceptors (Lipinski definition) is 5. The smallest absolute Gasteiger partial charge is 0.275 e. The standard InChI is InChI=1S/C33H33FN6O3/c1-20-18-39(30-11-9-25(34)15-27(20)30)26-13-22(16-36-17-26)19-40-29(23-7-6-8-24(14-23)32(42)38(4)5)12-10-28(33(40)43)37-31(41)21(2)35-3/h6-18,21,35H,19H2,1-5H3,(H,37,41). The number of benzene rings is 2. The molecule has 2 aromatic carbocycles. The molecule has 1 unspecified atom stereocenters. The molecule has 5 aromatic rings. The summed E-state index contributed by atoms with van der Waals surface area (Å²) in [5.74, 6) is -0.807. The van der Waals surface area contributed by atoms with Gasteiger partial charge in [-0.25, -0.2) is 4.39 Å². The number of carbonyl (C=O) groups excluding carboxylic acids is 2. The van der Waals surface area contributed by atoms with Gasteiger partial charge in [-0.1, -0.05) is 12.1 Å². The number of carbonyl (C=O) groups is 2. The van der Waals surface area contributed by atoms with Gasteiger partial charge in [0.25, 0.3) is 11.5 Å². The molecule has 43 heavy (non-hydrogen) atoms. The molecule has 5 rings (SSSR count). The van der Waals surface area contributed by atoms with E-state index in [2.05, 4.69) is 15.6 Å². The summed E-state index contributed by atoms with van der Waals surface area (Å²) in [7, 11) is 5.03. The molecule has 2 N–H and O–H groups in total. The normalized spacial score (nSPS) is 11.9. The Kier molecular flexibility index (Phi) is 8.22. The first-order valence-electron chi connectivity index (χ1n) is 13.8. The van der Waals surface area contributed by atoms with Crippen molar-refractivity contribution in [2.45, 2.75) is 26.4 Å². The van der Waals surface area contributed by atoms with Gasteiger partial charge in [0.1, 0.15) is 11.5 Å². The predicted molar refractivity (Wildman–Crippen MR) is 166 cm³/mol. The van der Waals surface area contributed by atoms with Crippen molar-refractivity contribution >= 4 is 28.4 Å². The molecule has 0 radical (unpaired) electrons. The van der Waals surface area contributed by atoms with Gasteiger partial charge in [-0.15, -0.1) is 0 Å². The third-order valence-electron chi connectivity index (χ3n) is 7.43. The van der Waals surface area contributed by atoms with Crippen LogP contribution in [0.25, 0.3) is 27.8 Å². The van der Waals surface area contributed by atoms with Crippen LogP contribution >= 0.6 is 0 Å². The van der Waals surface area contributed by atoms with Gasteiger partial charge in [0.2, 0.25) is 5.91 Å². The van der Waals surface area contributed by atoms with Gasteiger partial charge in [-0.2, -0.15) is 0 Å². The molecular formula is C33H33FN6O3. The molecule has 2 amide bonds. The minimum Gasteiger partial charge on any atom is -0.345 e. The van der Waals surface area contributed by atoms with Crippen molar-refractivity contribution in [1.82, 2.24) is 24.3 Å². The number of amides is 2. The number of hydrogen-bond donors (Lipinski definition) is 2. The molecule has 10 heteroatoms. The Labute approximate surface area is 248 Å². The SMILES string of the molecule is CNC(C)C(=O)Nc1ccc(-c2cccc(C(=O)N(C)C)c2)n(Cc2cncc(-n3cc(C)c4cc(F)ccc43)c2)c1=O. The topological polar surface area (TPSA) is 101 Å². The van der Waals surface area contributed by atoms with Crippen molar-refractivity contribution in [2.24, 2.45) is 0 Å². The van der Waals surface area contributed by atoms with Crippen molar-refractivity contribution < 1.29 is 14.0 Å². The highest BCUT2D eigenvalue weighted by atomic mass is 19.1. The molecule has 220 valence electrons. The van der Waals surface area contributed by atoms with Crippen molar-refractivity contribution in [3.05, 3.63) is 112 Å². The second kappa shape index (κ2) is 12.0. The van der Waals surface area contributed by atoms with Crippen molar-refractivity contribution in [1.29, 1.82) is 0 Å². The van der Waals surface area contributed by atoms with E-state index in [1.165, 1.54) is 17.0 Å². The summed E-state index contributed by atoms with van der Waals surface area (Å²) < 4.78 is 17.4. The van der Waals surface area contributed by atoms with Crippen molar-refractivity contribution in [2.75, 3.05) is 26.5 Å². The Hall–Kier alpha value is -5.09. The number of nitrogens with zero attached hydrogens (tertiary/aromatic N) is 4. The molecule has 0 aliphatic carbocycles. The first-order chi connectivity index (χ1) is 20.6. The zero-order valence-electron chi connectivity index (χ0n) is 24.7. The number of anilines is 1. The lowest BCUT2D eigenvalue weighted by molar-refractivity contribution is -0.117. The van der Waals surface area contributed by atoms with E-state index < -0.39 is 11.6 Å². The van der Waals surface area contributed by atoms with E-state index in [9.17, 15) is 18.8 Å². The van der Waals surface area contributed by atoms with E-state index in [1.54, 1.807) is 81.4 Å². The maximum absolute atomic E-state index is 13.9. The van der Waals surface area contributed by atoms with Crippen LogP contribution in [0.1, 0.15) is 28.4 Å². The number of aryl methyl sites for hydroxylation is 1. The Bertz CT molecular complexity index is 1910. The lowest BCUT2D eigenvalue weighted by Crippen LogP contribution is -2.37. The Morgan fingerprint density at radius 2 is 1.84 bits per heavy atom. The largest absolute Gasteiger partial charge is 0.345 e. The minimum atomic E-state index is -0.504. The van der Waals surface area contributed by atoms with Crippen LogP contribution in [-0.2, 0) is 11.3 Å². The third kappa shape index (κ3) is 5.96. The van der Waals surface area contributed by atoms with Crippen molar-refractivity contribution in [3.63, 3.8) is 0 Å². The number of nitrogens with one attached hydrogen (secondary N) is 2. The molecule has 1 atom stereocenters. The Morgan fingerprint density at radius 3 is 2.58 bits per heavy atom. The number of halogens is 1. The van der Waals surface area contributed by atoms with Gasteiger partial charge in [-0.05, 0) is 86.1 Å². The average Bonchev–Trinajstić information content (AvgIpc) is 3.33. The Balaban J connectivity index is 1.61.